The Hall–Kier alpha value is -5.93. The zero-order valence-electron chi connectivity index (χ0n) is 38.9. The molecule has 0 saturated carbocycles. The molecule has 6 amide bonds. The fraction of sp³-hybridized carbons (Fsp3) is 0.628. The van der Waals surface area contributed by atoms with Gasteiger partial charge in [0.15, 0.2) is 0 Å². The first-order valence-corrected chi connectivity index (χ1v) is 23.8. The van der Waals surface area contributed by atoms with Crippen LogP contribution in [0, 0.1) is 23.7 Å². The molecule has 0 aliphatic heterocycles. The van der Waals surface area contributed by atoms with E-state index in [0.717, 1.165) is 0 Å². The number of rotatable bonds is 31. The largest absolute Gasteiger partial charge is 0.481 e. The number of amides is 6. The number of hydrogen-bond acceptors (Lipinski definition) is 12. The number of nitrogens with two attached hydrogens (primary N) is 1. The van der Waals surface area contributed by atoms with Crippen LogP contribution in [-0.2, 0) is 58.9 Å². The van der Waals surface area contributed by atoms with Crippen molar-refractivity contribution in [3.8, 4) is 0 Å². The van der Waals surface area contributed by atoms with Gasteiger partial charge in [-0.15, -0.1) is 0 Å². The van der Waals surface area contributed by atoms with Crippen LogP contribution in [-0.4, -0.2) is 133 Å². The smallest absolute Gasteiger partial charge is 0.326 e. The molecule has 0 saturated heterocycles. The van der Waals surface area contributed by atoms with Gasteiger partial charge in [0.1, 0.15) is 36.0 Å². The number of carbonyl (C=O) groups excluding carboxylic acids is 6. The van der Waals surface area contributed by atoms with Gasteiger partial charge >= 0.3 is 23.9 Å². The minimum Gasteiger partial charge on any atom is -0.481 e. The van der Waals surface area contributed by atoms with Gasteiger partial charge in [0.2, 0.25) is 42.8 Å². The van der Waals surface area contributed by atoms with Crippen LogP contribution in [0.4, 0.5) is 0 Å². The number of carboxylic acids is 4. The van der Waals surface area contributed by atoms with Gasteiger partial charge in [-0.05, 0) is 49.0 Å². The molecule has 0 aromatic heterocycles. The van der Waals surface area contributed by atoms with E-state index < -0.39 is 152 Å². The minimum absolute atomic E-state index is 0.00519. The van der Waals surface area contributed by atoms with Crippen molar-refractivity contribution >= 4 is 66.7 Å². The fourth-order valence-corrected chi connectivity index (χ4v) is 8.92. The first-order valence-electron chi connectivity index (χ1n) is 21.9. The van der Waals surface area contributed by atoms with Crippen LogP contribution in [0.2, 0.25) is 0 Å². The molecule has 0 fully saturated rings. The first kappa shape index (κ1) is 59.1. The number of hydrogen-bond donors (Lipinski definition) is 12. The second-order valence-corrected chi connectivity index (χ2v) is 20.2. The van der Waals surface area contributed by atoms with Gasteiger partial charge < -0.3 is 63.0 Å². The first-order chi connectivity index (χ1) is 31.0. The Labute approximate surface area is 389 Å². The van der Waals surface area contributed by atoms with Crippen molar-refractivity contribution in [3.63, 3.8) is 0 Å². The SMILES string of the molecule is CC(C)CC(NC(=O)[C@H](CC(=O)O)NC(=O)[C@H](CC(C)C)NC(=O)[C@@H](N)CCC(=O)O)P(=O)(O)CC(C)C(=O)N[C@H](C(=O)N[C@@H](CCC(=O)O)C(=O)N[C@@H](Cc1ccccc1)C(=O)O)C(C)C. The van der Waals surface area contributed by atoms with E-state index in [1.165, 1.54) is 20.8 Å². The molecule has 13 N–H and O–H groups in total. The summed E-state index contributed by atoms with van der Waals surface area (Å²) in [5.41, 5.74) is 6.37. The van der Waals surface area contributed by atoms with Gasteiger partial charge in [-0.2, -0.15) is 0 Å². The molecule has 24 heteroatoms. The molecular weight excluding hydrogens is 901 g/mol. The average molecular weight is 970 g/mol. The molecule has 0 heterocycles. The molecule has 0 radical (unpaired) electrons. The van der Waals surface area contributed by atoms with Gasteiger partial charge in [-0.1, -0.05) is 78.8 Å². The molecule has 0 bridgehead atoms. The number of aliphatic carboxylic acids is 4. The second kappa shape index (κ2) is 28.3. The van der Waals surface area contributed by atoms with E-state index in [-0.39, 0.29) is 37.5 Å². The predicted molar refractivity (Wildman–Crippen MR) is 241 cm³/mol. The fourth-order valence-electron chi connectivity index (χ4n) is 6.64. The van der Waals surface area contributed by atoms with Crippen molar-refractivity contribution in [1.82, 2.24) is 31.9 Å². The van der Waals surface area contributed by atoms with Gasteiger partial charge in [-0.3, -0.25) is 47.7 Å². The van der Waals surface area contributed by atoms with Crippen molar-refractivity contribution in [2.45, 2.75) is 142 Å². The van der Waals surface area contributed by atoms with E-state index >= 15 is 0 Å². The van der Waals surface area contributed by atoms with E-state index in [2.05, 4.69) is 31.9 Å². The Morgan fingerprint density at radius 3 is 1.57 bits per heavy atom. The zero-order chi connectivity index (χ0) is 51.3. The number of nitrogens with one attached hydrogen (secondary N) is 6. The van der Waals surface area contributed by atoms with Crippen molar-refractivity contribution in [2.24, 2.45) is 29.4 Å². The van der Waals surface area contributed by atoms with Gasteiger partial charge in [0.05, 0.1) is 12.5 Å². The van der Waals surface area contributed by atoms with Gasteiger partial charge in [0, 0.05) is 31.3 Å². The lowest BCUT2D eigenvalue weighted by Gasteiger charge is -2.30. The summed E-state index contributed by atoms with van der Waals surface area (Å²) in [4.78, 5) is 138. The summed E-state index contributed by atoms with van der Waals surface area (Å²) in [6, 6.07) is -0.562. The highest BCUT2D eigenvalue weighted by molar-refractivity contribution is 7.58. The average Bonchev–Trinajstić information content (AvgIpc) is 3.21. The van der Waals surface area contributed by atoms with Crippen LogP contribution < -0.4 is 37.6 Å². The van der Waals surface area contributed by atoms with Crippen LogP contribution in [0.25, 0.3) is 0 Å². The highest BCUT2D eigenvalue weighted by Gasteiger charge is 2.40. The third kappa shape index (κ3) is 22.4. The Morgan fingerprint density at radius 1 is 0.567 bits per heavy atom. The lowest BCUT2D eigenvalue weighted by Crippen LogP contribution is -2.58. The van der Waals surface area contributed by atoms with E-state index in [1.807, 2.05) is 0 Å². The molecule has 67 heavy (non-hydrogen) atoms. The van der Waals surface area contributed by atoms with Crippen LogP contribution in [0.15, 0.2) is 30.3 Å². The molecule has 0 aliphatic rings. The summed E-state index contributed by atoms with van der Waals surface area (Å²) < 4.78 is 14.1. The van der Waals surface area contributed by atoms with E-state index in [1.54, 1.807) is 58.0 Å². The van der Waals surface area contributed by atoms with Gasteiger partial charge in [0.25, 0.3) is 0 Å². The topological polar surface area (TPSA) is 387 Å². The predicted octanol–water partition coefficient (Wildman–Crippen LogP) is 0.366. The standard InChI is InChI=1S/C43H68N7O16P/c1-22(2)17-29(46-38(58)27(44)13-15-33(51)52)40(60)47-30(20-35(55)56)41(61)49-32(18-23(3)4)67(65,66)21-25(7)37(57)50-36(24(5)6)42(62)45-28(14-16-34(53)54)39(59)48-31(43(63)64)19-26-11-9-8-10-12-26/h8-12,22-25,27-32,36H,13-21,44H2,1-7H3,(H,45,62)(H,46,58)(H,47,60)(H,48,59)(H,49,61)(H,50,57)(H,51,52)(H,53,54)(H,55,56)(H,63,64)(H,65,66)/t25?,27-,28-,29-,30-,31-,32?,36-/m0/s1. The molecule has 9 atom stereocenters. The molecule has 376 valence electrons. The van der Waals surface area contributed by atoms with Crippen LogP contribution in [0.5, 0.6) is 0 Å². The molecule has 23 nitrogen and oxygen atoms in total. The summed E-state index contributed by atoms with van der Waals surface area (Å²) in [7, 11) is -4.63. The quantitative estimate of drug-likeness (QED) is 0.0447. The lowest BCUT2D eigenvalue weighted by atomic mass is 10.0. The third-order valence-corrected chi connectivity index (χ3v) is 12.6. The molecule has 1 rings (SSSR count). The van der Waals surface area contributed by atoms with Crippen LogP contribution in [0.3, 0.4) is 0 Å². The number of carbonyl (C=O) groups is 10. The highest BCUT2D eigenvalue weighted by atomic mass is 31.2. The normalized spacial score (nSPS) is 15.8. The Kier molecular flexibility index (Phi) is 25.0. The molecule has 0 spiro atoms. The van der Waals surface area contributed by atoms with Crippen LogP contribution >= 0.6 is 7.37 Å². The Morgan fingerprint density at radius 2 is 1.06 bits per heavy atom. The number of carboxylic acid groups (broad SMARTS) is 4. The Balaban J connectivity index is 3.28. The molecule has 1 aromatic carbocycles. The highest BCUT2D eigenvalue weighted by Crippen LogP contribution is 2.49. The number of benzene rings is 1. The lowest BCUT2D eigenvalue weighted by molar-refractivity contribution is -0.143. The summed E-state index contributed by atoms with van der Waals surface area (Å²) >= 11 is 0. The molecule has 0 aliphatic carbocycles. The molecule has 1 aromatic rings. The maximum Gasteiger partial charge on any atom is 0.326 e. The summed E-state index contributed by atoms with van der Waals surface area (Å²) in [5.74, 6) is -15.5. The molecular formula is C43H68N7O16P. The second-order valence-electron chi connectivity index (χ2n) is 17.7. The van der Waals surface area contributed by atoms with Crippen molar-refractivity contribution in [1.29, 1.82) is 0 Å². The van der Waals surface area contributed by atoms with E-state index in [0.29, 0.717) is 5.56 Å². The van der Waals surface area contributed by atoms with Crippen LogP contribution in [0.1, 0.15) is 99.0 Å². The summed E-state index contributed by atoms with van der Waals surface area (Å²) in [6.45, 7) is 11.1. The van der Waals surface area contributed by atoms with Gasteiger partial charge in [-0.25, -0.2) is 4.79 Å². The minimum atomic E-state index is -4.63. The third-order valence-electron chi connectivity index (χ3n) is 10.3. The Bertz CT molecular complexity index is 1950. The zero-order valence-corrected chi connectivity index (χ0v) is 39.7. The summed E-state index contributed by atoms with van der Waals surface area (Å²) in [5, 5.41) is 52.0. The maximum absolute atomic E-state index is 14.1. The summed E-state index contributed by atoms with van der Waals surface area (Å²) in [6.07, 6.45) is -3.80. The van der Waals surface area contributed by atoms with Crippen molar-refractivity contribution < 1.29 is 77.8 Å². The monoisotopic (exact) mass is 969 g/mol. The molecule has 3 unspecified atom stereocenters. The van der Waals surface area contributed by atoms with E-state index in [9.17, 15) is 72.7 Å². The van der Waals surface area contributed by atoms with E-state index in [4.69, 9.17) is 10.8 Å². The maximum atomic E-state index is 14.1. The van der Waals surface area contributed by atoms with Crippen molar-refractivity contribution in [2.75, 3.05) is 6.16 Å². The van der Waals surface area contributed by atoms with Crippen molar-refractivity contribution in [3.05, 3.63) is 35.9 Å².